The number of carbonyl (C=O) groups is 1. The largest absolute Gasteiger partial charge is 0.497 e. The third kappa shape index (κ3) is 5.99. The average Bonchev–Trinajstić information content (AvgIpc) is 3.36. The predicted molar refractivity (Wildman–Crippen MR) is 185 cm³/mol. The minimum Gasteiger partial charge on any atom is -0.497 e. The maximum Gasteiger partial charge on any atom is 0.407 e. The maximum absolute atomic E-state index is 13.1. The van der Waals surface area contributed by atoms with Crippen LogP contribution in [0.25, 0.3) is 0 Å². The average molecular weight is 661 g/mol. The van der Waals surface area contributed by atoms with Crippen molar-refractivity contribution in [1.29, 1.82) is 0 Å². The second-order valence-corrected chi connectivity index (χ2v) is 16.6. The number of aliphatic hydroxyl groups is 1. The highest BCUT2D eigenvalue weighted by molar-refractivity contribution is 5.67. The fourth-order valence-corrected chi connectivity index (χ4v) is 11.6. The van der Waals surface area contributed by atoms with Gasteiger partial charge in [-0.2, -0.15) is 0 Å². The first-order valence-electron chi connectivity index (χ1n) is 18.6. The molecule has 2 aromatic rings. The van der Waals surface area contributed by atoms with E-state index in [1.54, 1.807) is 13.4 Å². The monoisotopic (exact) mass is 660 g/mol. The zero-order chi connectivity index (χ0) is 33.7. The number of nitrogens with one attached hydrogen (secondary N) is 1. The molecule has 0 spiro atoms. The highest BCUT2D eigenvalue weighted by atomic mass is 16.6. The lowest BCUT2D eigenvalue weighted by atomic mass is 9.43. The molecule has 5 saturated carbocycles. The molecule has 2 N–H and O–H groups in total. The van der Waals surface area contributed by atoms with Crippen LogP contribution in [0.15, 0.2) is 51.9 Å². The van der Waals surface area contributed by atoms with Gasteiger partial charge < -0.3 is 24.3 Å². The number of ether oxygens (including phenoxy) is 2. The Bertz CT molecular complexity index is 1480. The number of methoxy groups -OCH3 is 1. The number of nitrogens with zero attached hydrogens (tertiary/aromatic N) is 1. The van der Waals surface area contributed by atoms with Gasteiger partial charge in [0.2, 0.25) is 0 Å². The van der Waals surface area contributed by atoms with Gasteiger partial charge in [-0.25, -0.2) is 9.59 Å². The van der Waals surface area contributed by atoms with Gasteiger partial charge in [-0.1, -0.05) is 26.0 Å². The Morgan fingerprint density at radius 3 is 2.42 bits per heavy atom. The molecule has 5 aliphatic carbocycles. The highest BCUT2D eigenvalue weighted by Gasteiger charge is 2.67. The third-order valence-corrected chi connectivity index (χ3v) is 14.4. The summed E-state index contributed by atoms with van der Waals surface area (Å²) in [6, 6.07) is 12.4. The number of benzene rings is 1. The molecule has 1 heterocycles. The van der Waals surface area contributed by atoms with Crippen molar-refractivity contribution in [3.8, 4) is 5.75 Å². The molecule has 8 atom stereocenters. The Kier molecular flexibility index (Phi) is 9.20. The summed E-state index contributed by atoms with van der Waals surface area (Å²) in [4.78, 5) is 27.2. The van der Waals surface area contributed by atoms with Gasteiger partial charge in [0.05, 0.1) is 19.0 Å². The minimum absolute atomic E-state index is 0.0351. The Balaban J connectivity index is 0.900. The van der Waals surface area contributed by atoms with Crippen LogP contribution < -0.4 is 15.7 Å². The van der Waals surface area contributed by atoms with Crippen molar-refractivity contribution < 1.29 is 23.8 Å². The lowest BCUT2D eigenvalue weighted by Gasteiger charge is -2.63. The fourth-order valence-electron chi connectivity index (χ4n) is 11.6. The molecule has 48 heavy (non-hydrogen) atoms. The van der Waals surface area contributed by atoms with Crippen LogP contribution in [0, 0.1) is 28.6 Å². The quantitative estimate of drug-likeness (QED) is 0.319. The number of hydrogen-bond donors (Lipinski definition) is 2. The van der Waals surface area contributed by atoms with E-state index in [-0.39, 0.29) is 46.5 Å². The summed E-state index contributed by atoms with van der Waals surface area (Å²) in [7, 11) is 3.89. The van der Waals surface area contributed by atoms with E-state index in [4.69, 9.17) is 13.9 Å². The van der Waals surface area contributed by atoms with Gasteiger partial charge in [0.15, 0.2) is 0 Å². The van der Waals surface area contributed by atoms with Gasteiger partial charge in [-0.05, 0) is 149 Å². The van der Waals surface area contributed by atoms with Crippen molar-refractivity contribution in [1.82, 2.24) is 10.2 Å². The first-order valence-corrected chi connectivity index (χ1v) is 18.6. The van der Waals surface area contributed by atoms with Crippen molar-refractivity contribution in [3.63, 3.8) is 0 Å². The molecule has 8 heteroatoms. The summed E-state index contributed by atoms with van der Waals surface area (Å²) < 4.78 is 16.7. The molecule has 262 valence electrons. The Morgan fingerprint density at radius 2 is 1.71 bits per heavy atom. The van der Waals surface area contributed by atoms with E-state index < -0.39 is 5.60 Å². The van der Waals surface area contributed by atoms with E-state index >= 15 is 0 Å². The molecule has 0 radical (unpaired) electrons. The van der Waals surface area contributed by atoms with Crippen LogP contribution in [0.3, 0.4) is 0 Å². The second kappa shape index (κ2) is 13.1. The standard InChI is InChI=1S/C40H56N2O6/c1-38-20-17-32(48-37(44)41-29-9-11-30(12-10-29)42(3)24-26-5-13-31(46-4)14-6-26)23-28(38)8-15-35-34(38)18-21-39(2)33(19-22-40(35,39)45)27-7-16-36(43)47-25-27/h5-7,13-14,16,25,28-30,32-35,45H,8-12,15,17-24H2,1-4H3,(H,41,44)/t28-,29?,30?,32+,33-,34+,35-,38+,39-,40+/m1/s1. The van der Waals surface area contributed by atoms with Crippen LogP contribution in [0.2, 0.25) is 0 Å². The molecule has 5 aliphatic rings. The number of alkyl carbamates (subject to hydrolysis) is 1. The topological polar surface area (TPSA) is 101 Å². The van der Waals surface area contributed by atoms with Gasteiger partial charge in [0, 0.05) is 30.1 Å². The number of fused-ring (bicyclic) bond motifs is 5. The van der Waals surface area contributed by atoms with Gasteiger partial charge in [-0.15, -0.1) is 0 Å². The van der Waals surface area contributed by atoms with Gasteiger partial charge in [-0.3, -0.25) is 4.90 Å². The van der Waals surface area contributed by atoms with E-state index in [0.29, 0.717) is 17.9 Å². The predicted octanol–water partition coefficient (Wildman–Crippen LogP) is 7.43. The van der Waals surface area contributed by atoms with E-state index in [2.05, 4.69) is 43.2 Å². The van der Waals surface area contributed by atoms with E-state index in [1.807, 2.05) is 18.2 Å². The molecule has 5 fully saturated rings. The zero-order valence-electron chi connectivity index (χ0n) is 29.4. The van der Waals surface area contributed by atoms with Crippen LogP contribution >= 0.6 is 0 Å². The van der Waals surface area contributed by atoms with Gasteiger partial charge in [0.1, 0.15) is 11.9 Å². The molecule has 0 bridgehead atoms. The molecule has 1 amide bonds. The van der Waals surface area contributed by atoms with Crippen LogP contribution in [-0.2, 0) is 11.3 Å². The smallest absolute Gasteiger partial charge is 0.407 e. The maximum atomic E-state index is 13.1. The van der Waals surface area contributed by atoms with Crippen LogP contribution in [0.1, 0.15) is 114 Å². The molecule has 7 rings (SSSR count). The van der Waals surface area contributed by atoms with Crippen molar-refractivity contribution in [3.05, 3.63) is 64.2 Å². The molecular weight excluding hydrogens is 604 g/mol. The molecule has 0 unspecified atom stereocenters. The van der Waals surface area contributed by atoms with E-state index in [9.17, 15) is 14.7 Å². The highest BCUT2D eigenvalue weighted by Crippen LogP contribution is 2.70. The van der Waals surface area contributed by atoms with Crippen molar-refractivity contribution in [2.45, 2.75) is 134 Å². The first kappa shape index (κ1) is 33.6. The Labute approximate surface area is 286 Å². The number of carbonyl (C=O) groups excluding carboxylic acids is 1. The lowest BCUT2D eigenvalue weighted by Crippen LogP contribution is -2.62. The summed E-state index contributed by atoms with van der Waals surface area (Å²) in [6.07, 6.45) is 14.2. The molecule has 1 aromatic heterocycles. The Morgan fingerprint density at radius 1 is 0.938 bits per heavy atom. The van der Waals surface area contributed by atoms with Gasteiger partial charge in [0.25, 0.3) is 0 Å². The molecule has 0 saturated heterocycles. The normalized spacial score (nSPS) is 39.2. The van der Waals surface area contributed by atoms with Crippen LogP contribution in [0.5, 0.6) is 5.75 Å². The number of hydrogen-bond acceptors (Lipinski definition) is 7. The lowest BCUT2D eigenvalue weighted by molar-refractivity contribution is -0.205. The summed E-state index contributed by atoms with van der Waals surface area (Å²) >= 11 is 0. The number of rotatable bonds is 7. The summed E-state index contributed by atoms with van der Waals surface area (Å²) in [6.45, 7) is 5.67. The molecular formula is C40H56N2O6. The second-order valence-electron chi connectivity index (χ2n) is 16.6. The summed E-state index contributed by atoms with van der Waals surface area (Å²) in [5.41, 5.74) is 1.24. The fraction of sp³-hybridized carbons (Fsp3) is 0.700. The van der Waals surface area contributed by atoms with Crippen LogP contribution in [-0.4, -0.2) is 54.0 Å². The Hall–Kier alpha value is -2.84. The van der Waals surface area contributed by atoms with E-state index in [0.717, 1.165) is 101 Å². The third-order valence-electron chi connectivity index (χ3n) is 14.4. The van der Waals surface area contributed by atoms with Gasteiger partial charge >= 0.3 is 11.7 Å². The molecule has 0 aliphatic heterocycles. The van der Waals surface area contributed by atoms with Crippen molar-refractivity contribution in [2.24, 2.45) is 28.6 Å². The molecule has 8 nitrogen and oxygen atoms in total. The van der Waals surface area contributed by atoms with Crippen LogP contribution in [0.4, 0.5) is 4.79 Å². The van der Waals surface area contributed by atoms with Crippen molar-refractivity contribution in [2.75, 3.05) is 14.2 Å². The van der Waals surface area contributed by atoms with E-state index in [1.165, 1.54) is 11.6 Å². The summed E-state index contributed by atoms with van der Waals surface area (Å²) in [5.74, 6) is 2.36. The SMILES string of the molecule is COc1ccc(CN(C)C2CCC(NC(=O)O[C@H]3CC[C@@]4(C)[C@H](CC[C@@H]5[C@@H]4CC[C@]4(C)[C@@H](c6ccc(=O)oc6)CC[C@]54O)C3)CC2)cc1. The first-order chi connectivity index (χ1) is 23.0. The number of amides is 1. The van der Waals surface area contributed by atoms with Crippen molar-refractivity contribution >= 4 is 6.09 Å². The molecule has 1 aromatic carbocycles. The summed E-state index contributed by atoms with van der Waals surface area (Å²) in [5, 5.41) is 15.8. The minimum atomic E-state index is -0.707. The zero-order valence-corrected chi connectivity index (χ0v) is 29.4.